The minimum absolute atomic E-state index is 0.200. The Kier molecular flexibility index (Phi) is 10.2. The summed E-state index contributed by atoms with van der Waals surface area (Å²) in [5, 5.41) is 5.44. The first-order valence-corrected chi connectivity index (χ1v) is 15.3. The number of Topliss-reactive ketones (excluding diaryl/α,β-unsaturated/α-hetero) is 1. The lowest BCUT2D eigenvalue weighted by Crippen LogP contribution is -2.33. The first kappa shape index (κ1) is 29.0. The predicted molar refractivity (Wildman–Crippen MR) is 166 cm³/mol. The second-order valence-corrected chi connectivity index (χ2v) is 11.7. The molecule has 41 heavy (non-hydrogen) atoms. The molecular weight excluding hydrogens is 508 g/mol. The number of hydrogen-bond donors (Lipinski definition) is 2. The Morgan fingerprint density at radius 3 is 2.27 bits per heavy atom. The van der Waals surface area contributed by atoms with Crippen molar-refractivity contribution in [2.24, 2.45) is 5.92 Å². The van der Waals surface area contributed by atoms with Crippen molar-refractivity contribution in [1.82, 2.24) is 15.1 Å². The number of carbonyl (C=O) groups is 2. The molecule has 1 saturated heterocycles. The van der Waals surface area contributed by atoms with Gasteiger partial charge >= 0.3 is 6.03 Å². The van der Waals surface area contributed by atoms with Crippen LogP contribution in [0.5, 0.6) is 0 Å². The van der Waals surface area contributed by atoms with E-state index < -0.39 is 0 Å². The summed E-state index contributed by atoms with van der Waals surface area (Å²) in [6, 6.07) is 25.0. The maximum absolute atomic E-state index is 13.1. The van der Waals surface area contributed by atoms with E-state index in [2.05, 4.69) is 81.1 Å². The highest BCUT2D eigenvalue weighted by Crippen LogP contribution is 2.26. The monoisotopic (exact) mass is 552 g/mol. The van der Waals surface area contributed by atoms with Crippen LogP contribution in [0.4, 0.5) is 10.5 Å². The maximum atomic E-state index is 13.1. The predicted octanol–water partition coefficient (Wildman–Crippen LogP) is 6.30. The van der Waals surface area contributed by atoms with E-state index in [4.69, 9.17) is 0 Å². The fraction of sp³-hybridized carbons (Fsp3) is 0.429. The molecule has 3 aromatic rings. The fourth-order valence-electron chi connectivity index (χ4n) is 6.27. The molecule has 2 aliphatic heterocycles. The summed E-state index contributed by atoms with van der Waals surface area (Å²) in [4.78, 5) is 29.7. The molecule has 0 bridgehead atoms. The Hall–Kier alpha value is -3.48. The SMILES string of the molecule is CNC(=O)Nc1cccc(CN2CCC(CCCC(=O)c3ccc4c(c3)CCN(Cc3ccccc3)CC4)CC2)c1. The van der Waals surface area contributed by atoms with E-state index in [0.29, 0.717) is 18.1 Å². The number of hydrogen-bond acceptors (Lipinski definition) is 4. The molecule has 216 valence electrons. The summed E-state index contributed by atoms with van der Waals surface area (Å²) in [6.45, 7) is 6.15. The first-order chi connectivity index (χ1) is 20.1. The summed E-state index contributed by atoms with van der Waals surface area (Å²) in [6.07, 6.45) is 7.17. The van der Waals surface area contributed by atoms with Crippen molar-refractivity contribution in [1.29, 1.82) is 0 Å². The van der Waals surface area contributed by atoms with Crippen molar-refractivity contribution in [3.8, 4) is 0 Å². The summed E-state index contributed by atoms with van der Waals surface area (Å²) < 4.78 is 0. The molecule has 2 heterocycles. The third kappa shape index (κ3) is 8.51. The van der Waals surface area contributed by atoms with Gasteiger partial charge in [-0.15, -0.1) is 0 Å². The topological polar surface area (TPSA) is 64.7 Å². The van der Waals surface area contributed by atoms with Crippen molar-refractivity contribution in [2.75, 3.05) is 38.5 Å². The van der Waals surface area contributed by atoms with Crippen molar-refractivity contribution in [2.45, 2.75) is 58.0 Å². The zero-order valence-corrected chi connectivity index (χ0v) is 24.4. The van der Waals surface area contributed by atoms with Crippen molar-refractivity contribution >= 4 is 17.5 Å². The molecule has 2 N–H and O–H groups in total. The number of nitrogens with one attached hydrogen (secondary N) is 2. The van der Waals surface area contributed by atoms with Gasteiger partial charge < -0.3 is 10.6 Å². The second kappa shape index (κ2) is 14.4. The lowest BCUT2D eigenvalue weighted by atomic mass is 9.90. The van der Waals surface area contributed by atoms with E-state index >= 15 is 0 Å². The van der Waals surface area contributed by atoms with Gasteiger partial charge in [0.15, 0.2) is 5.78 Å². The highest BCUT2D eigenvalue weighted by atomic mass is 16.2. The average molecular weight is 553 g/mol. The Morgan fingerprint density at radius 1 is 0.780 bits per heavy atom. The number of fused-ring (bicyclic) bond motifs is 1. The van der Waals surface area contributed by atoms with Crippen LogP contribution in [0.1, 0.15) is 64.7 Å². The van der Waals surface area contributed by atoms with Gasteiger partial charge in [-0.05, 0) is 98.0 Å². The quantitative estimate of drug-likeness (QED) is 0.290. The number of urea groups is 1. The Labute approximate surface area is 245 Å². The van der Waals surface area contributed by atoms with Gasteiger partial charge in [0.1, 0.15) is 0 Å². The average Bonchev–Trinajstić information content (AvgIpc) is 3.20. The molecule has 2 amide bonds. The van der Waals surface area contributed by atoms with Gasteiger partial charge in [-0.3, -0.25) is 14.6 Å². The molecule has 2 aliphatic rings. The third-order valence-corrected chi connectivity index (χ3v) is 8.71. The van der Waals surface area contributed by atoms with Crippen LogP contribution in [0.3, 0.4) is 0 Å². The van der Waals surface area contributed by atoms with E-state index in [1.54, 1.807) is 7.05 Å². The van der Waals surface area contributed by atoms with Crippen molar-refractivity contribution < 1.29 is 9.59 Å². The van der Waals surface area contributed by atoms with Gasteiger partial charge in [-0.25, -0.2) is 4.79 Å². The maximum Gasteiger partial charge on any atom is 0.318 e. The molecular formula is C35H44N4O2. The molecule has 6 nitrogen and oxygen atoms in total. The van der Waals surface area contributed by atoms with Crippen LogP contribution in [0.2, 0.25) is 0 Å². The van der Waals surface area contributed by atoms with Crippen LogP contribution in [-0.4, -0.2) is 54.8 Å². The Balaban J connectivity index is 1.03. The second-order valence-electron chi connectivity index (χ2n) is 11.7. The fourth-order valence-corrected chi connectivity index (χ4v) is 6.27. The highest BCUT2D eigenvalue weighted by molar-refractivity contribution is 5.96. The minimum atomic E-state index is -0.200. The molecule has 0 aromatic heterocycles. The molecule has 0 unspecified atom stereocenters. The summed E-state index contributed by atoms with van der Waals surface area (Å²) in [5.74, 6) is 0.990. The molecule has 0 spiro atoms. The normalized spacial score (nSPS) is 16.5. The van der Waals surface area contributed by atoms with Gasteiger partial charge in [-0.2, -0.15) is 0 Å². The number of nitrogens with zero attached hydrogens (tertiary/aromatic N) is 2. The number of amides is 2. The van der Waals surface area contributed by atoms with Gasteiger partial charge in [0.05, 0.1) is 0 Å². The molecule has 0 saturated carbocycles. The first-order valence-electron chi connectivity index (χ1n) is 15.3. The zero-order chi connectivity index (χ0) is 28.4. The van der Waals surface area contributed by atoms with Crippen LogP contribution in [0.25, 0.3) is 0 Å². The van der Waals surface area contributed by atoms with E-state index in [-0.39, 0.29) is 6.03 Å². The van der Waals surface area contributed by atoms with Crippen LogP contribution in [-0.2, 0) is 25.9 Å². The Morgan fingerprint density at radius 2 is 1.49 bits per heavy atom. The number of benzene rings is 3. The number of likely N-dealkylation sites (tertiary alicyclic amines) is 1. The Bertz CT molecular complexity index is 1300. The zero-order valence-electron chi connectivity index (χ0n) is 24.4. The van der Waals surface area contributed by atoms with Crippen LogP contribution < -0.4 is 10.6 Å². The lowest BCUT2D eigenvalue weighted by Gasteiger charge is -2.32. The van der Waals surface area contributed by atoms with E-state index in [9.17, 15) is 9.59 Å². The van der Waals surface area contributed by atoms with Gasteiger partial charge in [0, 0.05) is 50.9 Å². The largest absolute Gasteiger partial charge is 0.341 e. The van der Waals surface area contributed by atoms with Crippen LogP contribution in [0, 0.1) is 5.92 Å². The molecule has 0 atom stereocenters. The third-order valence-electron chi connectivity index (χ3n) is 8.71. The van der Waals surface area contributed by atoms with E-state index in [1.807, 2.05) is 12.1 Å². The molecule has 3 aromatic carbocycles. The van der Waals surface area contributed by atoms with Crippen LogP contribution in [0.15, 0.2) is 72.8 Å². The summed E-state index contributed by atoms with van der Waals surface area (Å²) in [5.41, 5.74) is 7.05. The van der Waals surface area contributed by atoms with Gasteiger partial charge in [0.2, 0.25) is 0 Å². The van der Waals surface area contributed by atoms with Crippen molar-refractivity contribution in [3.05, 3.63) is 101 Å². The van der Waals surface area contributed by atoms with Gasteiger partial charge in [0.25, 0.3) is 0 Å². The molecule has 0 aliphatic carbocycles. The number of carbonyl (C=O) groups excluding carboxylic acids is 2. The van der Waals surface area contributed by atoms with E-state index in [1.165, 1.54) is 35.1 Å². The van der Waals surface area contributed by atoms with E-state index in [0.717, 1.165) is 76.2 Å². The summed E-state index contributed by atoms with van der Waals surface area (Å²) in [7, 11) is 1.62. The number of rotatable bonds is 10. The molecule has 6 heteroatoms. The molecule has 0 radical (unpaired) electrons. The minimum Gasteiger partial charge on any atom is -0.341 e. The standard InChI is InChI=1S/C35H44N4O2/c1-36-35(41)37-33-11-5-10-29(23-33)26-38-19-15-27(16-20-38)9-6-12-34(40)32-14-13-30-17-21-39(22-18-31(30)24-32)25-28-7-3-2-4-8-28/h2-5,7-8,10-11,13-14,23-24,27H,6,9,12,15-22,25-26H2,1H3,(H2,36,37,41). The van der Waals surface area contributed by atoms with Gasteiger partial charge in [-0.1, -0.05) is 54.6 Å². The lowest BCUT2D eigenvalue weighted by molar-refractivity contribution is 0.0974. The van der Waals surface area contributed by atoms with Crippen molar-refractivity contribution in [3.63, 3.8) is 0 Å². The highest BCUT2D eigenvalue weighted by Gasteiger charge is 2.20. The molecule has 1 fully saturated rings. The smallest absolute Gasteiger partial charge is 0.318 e. The molecule has 5 rings (SSSR count). The van der Waals surface area contributed by atoms with Crippen LogP contribution >= 0.6 is 0 Å². The number of piperidine rings is 1. The summed E-state index contributed by atoms with van der Waals surface area (Å²) >= 11 is 0. The number of ketones is 1. The number of anilines is 1.